The maximum Gasteiger partial charge on any atom is 0.0758 e. The molecule has 0 radical (unpaired) electrons. The van der Waals surface area contributed by atoms with Crippen LogP contribution in [0.4, 0.5) is 5.69 Å². The number of aryl methyl sites for hydroxylation is 3. The molecular weight excluding hydrogens is 226 g/mol. The van der Waals surface area contributed by atoms with E-state index >= 15 is 0 Å². The first-order chi connectivity index (χ1) is 8.61. The molecule has 0 aliphatic heterocycles. The molecule has 0 atom stereocenters. The Morgan fingerprint density at radius 1 is 1.33 bits per heavy atom. The average molecular weight is 247 g/mol. The summed E-state index contributed by atoms with van der Waals surface area (Å²) in [5.41, 5.74) is 4.57. The predicted molar refractivity (Wildman–Crippen MR) is 72.5 cm³/mol. The Morgan fingerprint density at radius 2 is 2.11 bits per heavy atom. The van der Waals surface area contributed by atoms with Crippen LogP contribution in [0.2, 0.25) is 0 Å². The van der Waals surface area contributed by atoms with Gasteiger partial charge in [0.05, 0.1) is 23.3 Å². The van der Waals surface area contributed by atoms with E-state index in [-0.39, 0.29) is 0 Å². The van der Waals surface area contributed by atoms with Crippen molar-refractivity contribution in [2.45, 2.75) is 40.3 Å². The molecule has 0 aliphatic carbocycles. The van der Waals surface area contributed by atoms with Crippen LogP contribution in [0, 0.1) is 13.8 Å². The van der Waals surface area contributed by atoms with Gasteiger partial charge in [0.1, 0.15) is 0 Å². The molecule has 0 amide bonds. The molecule has 0 saturated heterocycles. The molecule has 0 fully saturated rings. The van der Waals surface area contributed by atoms with E-state index in [9.17, 15) is 0 Å². The standard InChI is InChI=1S/C13H21N5/c1-5-6-18-9-12(10(2)16-18)7-14-13-8-15-17(4)11(13)3/h8-9,14H,5-7H2,1-4H3. The Bertz CT molecular complexity index is 523. The molecule has 18 heavy (non-hydrogen) atoms. The fourth-order valence-corrected chi connectivity index (χ4v) is 1.94. The fourth-order valence-electron chi connectivity index (χ4n) is 1.94. The second-order valence-corrected chi connectivity index (χ2v) is 4.62. The molecule has 0 saturated carbocycles. The van der Waals surface area contributed by atoms with E-state index in [1.54, 1.807) is 0 Å². The molecule has 98 valence electrons. The third kappa shape index (κ3) is 2.55. The molecule has 5 nitrogen and oxygen atoms in total. The summed E-state index contributed by atoms with van der Waals surface area (Å²) >= 11 is 0. The summed E-state index contributed by atoms with van der Waals surface area (Å²) in [4.78, 5) is 0. The van der Waals surface area contributed by atoms with E-state index in [1.165, 1.54) is 5.56 Å². The van der Waals surface area contributed by atoms with Crippen molar-refractivity contribution in [2.24, 2.45) is 7.05 Å². The highest BCUT2D eigenvalue weighted by Gasteiger charge is 2.07. The van der Waals surface area contributed by atoms with Crippen LogP contribution in [-0.4, -0.2) is 19.6 Å². The molecule has 0 bridgehead atoms. The molecule has 2 heterocycles. The largest absolute Gasteiger partial charge is 0.378 e. The third-order valence-corrected chi connectivity index (χ3v) is 3.21. The van der Waals surface area contributed by atoms with Gasteiger partial charge in [-0.15, -0.1) is 0 Å². The SMILES string of the molecule is CCCn1cc(CNc2cnn(C)c2C)c(C)n1. The minimum atomic E-state index is 0.794. The highest BCUT2D eigenvalue weighted by Crippen LogP contribution is 2.15. The molecule has 5 heteroatoms. The van der Waals surface area contributed by atoms with Gasteiger partial charge in [-0.25, -0.2) is 0 Å². The summed E-state index contributed by atoms with van der Waals surface area (Å²) in [6.45, 7) is 8.05. The minimum Gasteiger partial charge on any atom is -0.378 e. The van der Waals surface area contributed by atoms with E-state index in [0.29, 0.717) is 0 Å². The predicted octanol–water partition coefficient (Wildman–Crippen LogP) is 2.26. The molecule has 2 rings (SSSR count). The van der Waals surface area contributed by atoms with Gasteiger partial charge in [-0.1, -0.05) is 6.92 Å². The molecule has 2 aromatic rings. The molecule has 0 spiro atoms. The number of rotatable bonds is 5. The summed E-state index contributed by atoms with van der Waals surface area (Å²) in [5.74, 6) is 0. The van der Waals surface area contributed by atoms with Gasteiger partial charge in [0.2, 0.25) is 0 Å². The van der Waals surface area contributed by atoms with Crippen molar-refractivity contribution >= 4 is 5.69 Å². The number of nitrogens with zero attached hydrogens (tertiary/aromatic N) is 4. The minimum absolute atomic E-state index is 0.794. The summed E-state index contributed by atoms with van der Waals surface area (Å²) in [6.07, 6.45) is 5.09. The average Bonchev–Trinajstić information content (AvgIpc) is 2.83. The third-order valence-electron chi connectivity index (χ3n) is 3.21. The van der Waals surface area contributed by atoms with Gasteiger partial charge in [0, 0.05) is 31.9 Å². The molecule has 2 aromatic heterocycles. The first-order valence-corrected chi connectivity index (χ1v) is 6.37. The molecule has 0 unspecified atom stereocenters. The lowest BCUT2D eigenvalue weighted by Gasteiger charge is -2.04. The zero-order valence-electron chi connectivity index (χ0n) is 11.6. The van der Waals surface area contributed by atoms with Crippen LogP contribution < -0.4 is 5.32 Å². The number of hydrogen-bond acceptors (Lipinski definition) is 3. The Hall–Kier alpha value is -1.78. The van der Waals surface area contributed by atoms with Crippen LogP contribution in [0.1, 0.15) is 30.3 Å². The first-order valence-electron chi connectivity index (χ1n) is 6.37. The number of hydrogen-bond donors (Lipinski definition) is 1. The van der Waals surface area contributed by atoms with Crippen molar-refractivity contribution < 1.29 is 0 Å². The quantitative estimate of drug-likeness (QED) is 0.881. The van der Waals surface area contributed by atoms with Crippen LogP contribution >= 0.6 is 0 Å². The van der Waals surface area contributed by atoms with Crippen LogP contribution in [0.3, 0.4) is 0 Å². The number of anilines is 1. The second kappa shape index (κ2) is 5.25. The number of aromatic nitrogens is 4. The van der Waals surface area contributed by atoms with E-state index < -0.39 is 0 Å². The molecule has 0 aromatic carbocycles. The monoisotopic (exact) mass is 247 g/mol. The van der Waals surface area contributed by atoms with Crippen LogP contribution in [0.25, 0.3) is 0 Å². The van der Waals surface area contributed by atoms with E-state index in [2.05, 4.69) is 42.5 Å². The molecule has 0 aliphatic rings. The Labute approximate surface area is 108 Å². The summed E-state index contributed by atoms with van der Waals surface area (Å²) in [5, 5.41) is 12.1. The topological polar surface area (TPSA) is 47.7 Å². The van der Waals surface area contributed by atoms with Crippen molar-refractivity contribution in [3.8, 4) is 0 Å². The van der Waals surface area contributed by atoms with Crippen molar-refractivity contribution in [1.29, 1.82) is 0 Å². The van der Waals surface area contributed by atoms with E-state index in [0.717, 1.165) is 36.6 Å². The highest BCUT2D eigenvalue weighted by atomic mass is 15.3. The van der Waals surface area contributed by atoms with Gasteiger partial charge in [-0.2, -0.15) is 10.2 Å². The van der Waals surface area contributed by atoms with Gasteiger partial charge in [-0.3, -0.25) is 9.36 Å². The zero-order chi connectivity index (χ0) is 13.1. The smallest absolute Gasteiger partial charge is 0.0758 e. The van der Waals surface area contributed by atoms with Gasteiger partial charge in [0.25, 0.3) is 0 Å². The van der Waals surface area contributed by atoms with Crippen LogP contribution in [0.15, 0.2) is 12.4 Å². The lowest BCUT2D eigenvalue weighted by Crippen LogP contribution is -2.01. The van der Waals surface area contributed by atoms with Crippen LogP contribution in [0.5, 0.6) is 0 Å². The summed E-state index contributed by atoms with van der Waals surface area (Å²) in [7, 11) is 1.95. The summed E-state index contributed by atoms with van der Waals surface area (Å²) < 4.78 is 3.89. The van der Waals surface area contributed by atoms with Gasteiger partial charge in [0.15, 0.2) is 0 Å². The van der Waals surface area contributed by atoms with Crippen molar-refractivity contribution in [1.82, 2.24) is 19.6 Å². The van der Waals surface area contributed by atoms with Gasteiger partial charge >= 0.3 is 0 Å². The highest BCUT2D eigenvalue weighted by molar-refractivity contribution is 5.46. The van der Waals surface area contributed by atoms with Gasteiger partial charge < -0.3 is 5.32 Å². The normalized spacial score (nSPS) is 10.9. The van der Waals surface area contributed by atoms with Crippen LogP contribution in [-0.2, 0) is 20.1 Å². The van der Waals surface area contributed by atoms with Crippen molar-refractivity contribution in [3.05, 3.63) is 29.3 Å². The second-order valence-electron chi connectivity index (χ2n) is 4.62. The Balaban J connectivity index is 2.03. The first kappa shape index (κ1) is 12.7. The Kier molecular flexibility index (Phi) is 3.69. The Morgan fingerprint density at radius 3 is 2.72 bits per heavy atom. The lowest BCUT2D eigenvalue weighted by atomic mass is 10.2. The fraction of sp³-hybridized carbons (Fsp3) is 0.538. The summed E-state index contributed by atoms with van der Waals surface area (Å²) in [6, 6.07) is 0. The maximum atomic E-state index is 4.50. The van der Waals surface area contributed by atoms with Crippen molar-refractivity contribution in [3.63, 3.8) is 0 Å². The molecular formula is C13H21N5. The maximum absolute atomic E-state index is 4.50. The zero-order valence-corrected chi connectivity index (χ0v) is 11.6. The molecule has 1 N–H and O–H groups in total. The lowest BCUT2D eigenvalue weighted by molar-refractivity contribution is 0.598. The van der Waals surface area contributed by atoms with E-state index in [4.69, 9.17) is 0 Å². The number of nitrogens with one attached hydrogen (secondary N) is 1. The van der Waals surface area contributed by atoms with Gasteiger partial charge in [-0.05, 0) is 20.3 Å². The van der Waals surface area contributed by atoms with E-state index in [1.807, 2.05) is 22.6 Å². The van der Waals surface area contributed by atoms with Crippen molar-refractivity contribution in [2.75, 3.05) is 5.32 Å².